The molecule has 0 bridgehead atoms. The largest absolute Gasteiger partial charge is 0.496 e. The normalized spacial score (nSPS) is 17.6. The number of hydrogen-bond acceptors (Lipinski definition) is 3. The molecule has 2 N–H and O–H groups in total. The van der Waals surface area contributed by atoms with Crippen LogP contribution in [0.4, 0.5) is 0 Å². The molecule has 3 nitrogen and oxygen atoms in total. The van der Waals surface area contributed by atoms with Gasteiger partial charge in [0.15, 0.2) is 0 Å². The van der Waals surface area contributed by atoms with Crippen LogP contribution in [0.1, 0.15) is 36.8 Å². The van der Waals surface area contributed by atoms with Gasteiger partial charge in [-0.3, -0.25) is 4.21 Å². The van der Waals surface area contributed by atoms with E-state index in [-0.39, 0.29) is 0 Å². The van der Waals surface area contributed by atoms with Crippen molar-refractivity contribution in [2.24, 2.45) is 11.7 Å². The minimum Gasteiger partial charge on any atom is -0.496 e. The lowest BCUT2D eigenvalue weighted by Gasteiger charge is -2.11. The molecule has 0 heterocycles. The summed E-state index contributed by atoms with van der Waals surface area (Å²) in [5, 5.41) is 0. The summed E-state index contributed by atoms with van der Waals surface area (Å²) in [7, 11) is 0.884. The van der Waals surface area contributed by atoms with E-state index in [9.17, 15) is 4.21 Å². The molecule has 1 unspecified atom stereocenters. The molecule has 0 aliphatic heterocycles. The third-order valence-electron chi connectivity index (χ3n) is 3.79. The molecule has 1 aromatic carbocycles. The summed E-state index contributed by atoms with van der Waals surface area (Å²) in [6, 6.07) is 5.93. The van der Waals surface area contributed by atoms with Crippen LogP contribution in [0.25, 0.3) is 0 Å². The van der Waals surface area contributed by atoms with Crippen LogP contribution < -0.4 is 10.5 Å². The fourth-order valence-corrected chi connectivity index (χ4v) is 4.29. The number of hydrogen-bond donors (Lipinski definition) is 1. The van der Waals surface area contributed by atoms with Gasteiger partial charge in [0, 0.05) is 34.4 Å². The first-order valence-corrected chi connectivity index (χ1v) is 8.42. The maximum atomic E-state index is 12.2. The highest BCUT2D eigenvalue weighted by molar-refractivity contribution is 7.84. The fourth-order valence-electron chi connectivity index (χ4n) is 2.77. The van der Waals surface area contributed by atoms with E-state index in [2.05, 4.69) is 0 Å². The molecule has 1 saturated carbocycles. The van der Waals surface area contributed by atoms with Gasteiger partial charge in [0.25, 0.3) is 0 Å². The lowest BCUT2D eigenvalue weighted by Crippen LogP contribution is -2.10. The minimum atomic E-state index is -0.761. The summed E-state index contributed by atoms with van der Waals surface area (Å²) >= 11 is 0. The maximum absolute atomic E-state index is 12.2. The second kappa shape index (κ2) is 7.06. The number of benzene rings is 1. The average molecular weight is 281 g/mol. The zero-order chi connectivity index (χ0) is 13.7. The second-order valence-corrected chi connectivity index (χ2v) is 6.75. The van der Waals surface area contributed by atoms with Crippen LogP contribution in [0.2, 0.25) is 0 Å². The van der Waals surface area contributed by atoms with Crippen LogP contribution in [0.5, 0.6) is 5.75 Å². The van der Waals surface area contributed by atoms with Gasteiger partial charge in [-0.05, 0) is 36.5 Å². The van der Waals surface area contributed by atoms with Crippen LogP contribution in [-0.4, -0.2) is 17.1 Å². The molecular weight excluding hydrogens is 258 g/mol. The summed E-state index contributed by atoms with van der Waals surface area (Å²) in [5.74, 6) is 2.97. The molecule has 106 valence electrons. The van der Waals surface area contributed by atoms with Gasteiger partial charge < -0.3 is 10.5 Å². The Bertz CT molecular complexity index is 442. The molecule has 1 atom stereocenters. The Hall–Kier alpha value is -0.870. The van der Waals surface area contributed by atoms with Crippen molar-refractivity contribution in [3.05, 3.63) is 29.3 Å². The zero-order valence-electron chi connectivity index (χ0n) is 11.6. The SMILES string of the molecule is COc1ccc(CS(=O)CC2CCCC2)cc1CN. The van der Waals surface area contributed by atoms with Gasteiger partial charge in [-0.1, -0.05) is 18.9 Å². The van der Waals surface area contributed by atoms with Crippen molar-refractivity contribution >= 4 is 10.8 Å². The van der Waals surface area contributed by atoms with E-state index < -0.39 is 10.8 Å². The summed E-state index contributed by atoms with van der Waals surface area (Å²) in [6.45, 7) is 0.451. The zero-order valence-corrected chi connectivity index (χ0v) is 12.4. The number of ether oxygens (including phenoxy) is 1. The molecule has 1 aliphatic rings. The first kappa shape index (κ1) is 14.5. The minimum absolute atomic E-state index is 0.451. The molecule has 0 spiro atoms. The molecule has 1 aromatic rings. The van der Waals surface area contributed by atoms with Crippen molar-refractivity contribution in [3.8, 4) is 5.75 Å². The third-order valence-corrected chi connectivity index (χ3v) is 5.29. The van der Waals surface area contributed by atoms with Crippen molar-refractivity contribution in [1.82, 2.24) is 0 Å². The highest BCUT2D eigenvalue weighted by atomic mass is 32.2. The highest BCUT2D eigenvalue weighted by Crippen LogP contribution is 2.26. The van der Waals surface area contributed by atoms with Crippen LogP contribution >= 0.6 is 0 Å². The number of rotatable bonds is 6. The quantitative estimate of drug-likeness (QED) is 0.872. The lowest BCUT2D eigenvalue weighted by molar-refractivity contribution is 0.409. The van der Waals surface area contributed by atoms with Gasteiger partial charge >= 0.3 is 0 Å². The van der Waals surface area contributed by atoms with Crippen molar-refractivity contribution in [3.63, 3.8) is 0 Å². The molecule has 1 fully saturated rings. The van der Waals surface area contributed by atoms with Crippen molar-refractivity contribution in [1.29, 1.82) is 0 Å². The molecule has 0 amide bonds. The van der Waals surface area contributed by atoms with Gasteiger partial charge in [-0.2, -0.15) is 0 Å². The molecule has 19 heavy (non-hydrogen) atoms. The first-order chi connectivity index (χ1) is 9.22. The number of methoxy groups -OCH3 is 1. The second-order valence-electron chi connectivity index (χ2n) is 5.25. The standard InChI is InChI=1S/C15H23NO2S/c1-18-15-7-6-13(8-14(15)9-16)11-19(17)10-12-4-2-3-5-12/h6-8,12H,2-5,9-11,16H2,1H3. The molecule has 4 heteroatoms. The van der Waals surface area contributed by atoms with Crippen molar-refractivity contribution < 1.29 is 8.95 Å². The Morgan fingerprint density at radius 1 is 1.37 bits per heavy atom. The van der Waals surface area contributed by atoms with Gasteiger partial charge in [-0.15, -0.1) is 0 Å². The van der Waals surface area contributed by atoms with Gasteiger partial charge in [0.05, 0.1) is 7.11 Å². The number of nitrogens with two attached hydrogens (primary N) is 1. The van der Waals surface area contributed by atoms with Gasteiger partial charge in [0.1, 0.15) is 5.75 Å². The first-order valence-electron chi connectivity index (χ1n) is 6.93. The van der Waals surface area contributed by atoms with E-state index in [0.717, 1.165) is 22.6 Å². The smallest absolute Gasteiger partial charge is 0.123 e. The molecule has 0 aromatic heterocycles. The average Bonchev–Trinajstić information content (AvgIpc) is 2.91. The van der Waals surface area contributed by atoms with Gasteiger partial charge in [-0.25, -0.2) is 0 Å². The van der Waals surface area contributed by atoms with E-state index >= 15 is 0 Å². The van der Waals surface area contributed by atoms with Crippen molar-refractivity contribution in [2.45, 2.75) is 38.0 Å². The Labute approximate surface area is 118 Å². The topological polar surface area (TPSA) is 52.3 Å². The van der Waals surface area contributed by atoms with Crippen molar-refractivity contribution in [2.75, 3.05) is 12.9 Å². The summed E-state index contributed by atoms with van der Waals surface area (Å²) in [5.41, 5.74) is 7.78. The molecule has 0 radical (unpaired) electrons. The summed E-state index contributed by atoms with van der Waals surface area (Å²) in [6.07, 6.45) is 5.12. The van der Waals surface area contributed by atoms with E-state index in [1.54, 1.807) is 7.11 Å². The lowest BCUT2D eigenvalue weighted by atomic mass is 10.1. The van der Waals surface area contributed by atoms with E-state index in [1.165, 1.54) is 25.7 Å². The molecule has 0 saturated heterocycles. The summed E-state index contributed by atoms with van der Waals surface area (Å²) < 4.78 is 17.4. The monoisotopic (exact) mass is 281 g/mol. The Balaban J connectivity index is 1.96. The van der Waals surface area contributed by atoms with Crippen LogP contribution in [0.3, 0.4) is 0 Å². The van der Waals surface area contributed by atoms with E-state index in [1.807, 2.05) is 18.2 Å². The Morgan fingerprint density at radius 2 is 2.11 bits per heavy atom. The maximum Gasteiger partial charge on any atom is 0.123 e. The Morgan fingerprint density at radius 3 is 2.74 bits per heavy atom. The van der Waals surface area contributed by atoms with Crippen LogP contribution in [0.15, 0.2) is 18.2 Å². The predicted molar refractivity (Wildman–Crippen MR) is 79.6 cm³/mol. The molecule has 1 aliphatic carbocycles. The van der Waals surface area contributed by atoms with Crippen LogP contribution in [-0.2, 0) is 23.1 Å². The highest BCUT2D eigenvalue weighted by Gasteiger charge is 2.18. The van der Waals surface area contributed by atoms with Crippen LogP contribution in [0, 0.1) is 5.92 Å². The molecule has 2 rings (SSSR count). The van der Waals surface area contributed by atoms with E-state index in [4.69, 9.17) is 10.5 Å². The summed E-state index contributed by atoms with van der Waals surface area (Å²) in [4.78, 5) is 0. The molecular formula is C15H23NO2S. The predicted octanol–water partition coefficient (Wildman–Crippen LogP) is 2.59. The van der Waals surface area contributed by atoms with E-state index in [0.29, 0.717) is 18.2 Å². The third kappa shape index (κ3) is 4.05. The Kier molecular flexibility index (Phi) is 5.40. The van der Waals surface area contributed by atoms with Gasteiger partial charge in [0.2, 0.25) is 0 Å². The fraction of sp³-hybridized carbons (Fsp3) is 0.600.